The molecule has 0 aromatic heterocycles. The van der Waals surface area contributed by atoms with Crippen molar-refractivity contribution in [3.05, 3.63) is 71.8 Å². The summed E-state index contributed by atoms with van der Waals surface area (Å²) >= 11 is 0. The molecular formula is C22H30N2O2. The van der Waals surface area contributed by atoms with E-state index in [2.05, 4.69) is 70.5 Å². The summed E-state index contributed by atoms with van der Waals surface area (Å²) in [6.07, 6.45) is 1.21. The summed E-state index contributed by atoms with van der Waals surface area (Å²) in [5.74, 6) is 0. The number of ether oxygens (including phenoxy) is 1. The Balaban J connectivity index is 1.77. The molecule has 1 fully saturated rings. The number of rotatable bonds is 8. The maximum Gasteiger partial charge on any atom is 0.0853 e. The van der Waals surface area contributed by atoms with Crippen LogP contribution < -0.4 is 0 Å². The normalized spacial score (nSPS) is 21.2. The highest BCUT2D eigenvalue weighted by Gasteiger charge is 2.33. The number of piperidine rings is 1. The van der Waals surface area contributed by atoms with Crippen molar-refractivity contribution in [2.45, 2.75) is 31.7 Å². The third-order valence-electron chi connectivity index (χ3n) is 5.25. The van der Waals surface area contributed by atoms with Gasteiger partial charge < -0.3 is 9.84 Å². The van der Waals surface area contributed by atoms with E-state index < -0.39 is 0 Å². The third-order valence-corrected chi connectivity index (χ3v) is 5.25. The summed E-state index contributed by atoms with van der Waals surface area (Å²) in [4.78, 5) is 4.85. The molecule has 2 aromatic rings. The average molecular weight is 354 g/mol. The molecule has 1 aliphatic heterocycles. The molecule has 1 heterocycles. The van der Waals surface area contributed by atoms with Crippen LogP contribution in [0.2, 0.25) is 0 Å². The van der Waals surface area contributed by atoms with E-state index in [0.29, 0.717) is 6.04 Å². The number of nitrogens with zero attached hydrogens (tertiary/aromatic N) is 2. The summed E-state index contributed by atoms with van der Waals surface area (Å²) in [5, 5.41) is 9.25. The Bertz CT molecular complexity index is 594. The summed E-state index contributed by atoms with van der Waals surface area (Å²) in [6.45, 7) is 4.65. The fourth-order valence-corrected chi connectivity index (χ4v) is 3.89. The molecule has 0 radical (unpaired) electrons. The largest absolute Gasteiger partial charge is 0.395 e. The minimum Gasteiger partial charge on any atom is -0.395 e. The molecule has 1 N–H and O–H groups in total. The molecule has 0 saturated carbocycles. The monoisotopic (exact) mass is 354 g/mol. The SMILES string of the molecule is CO[C@@H]1CN(CCO)CC[C@@H]1N(Cc1ccccc1)Cc1ccccc1. The summed E-state index contributed by atoms with van der Waals surface area (Å²) in [6, 6.07) is 21.7. The highest BCUT2D eigenvalue weighted by Crippen LogP contribution is 2.23. The first-order chi connectivity index (χ1) is 12.8. The quantitative estimate of drug-likeness (QED) is 0.791. The lowest BCUT2D eigenvalue weighted by Crippen LogP contribution is -2.54. The highest BCUT2D eigenvalue weighted by molar-refractivity contribution is 5.17. The molecule has 4 nitrogen and oxygen atoms in total. The Hall–Kier alpha value is -1.72. The summed E-state index contributed by atoms with van der Waals surface area (Å²) < 4.78 is 5.87. The number of methoxy groups -OCH3 is 1. The predicted octanol–water partition coefficient (Wildman–Crippen LogP) is 2.77. The van der Waals surface area contributed by atoms with E-state index in [1.807, 2.05) is 7.11 Å². The van der Waals surface area contributed by atoms with Crippen LogP contribution in [0, 0.1) is 0 Å². The zero-order chi connectivity index (χ0) is 18.2. The number of hydrogen-bond acceptors (Lipinski definition) is 4. The van der Waals surface area contributed by atoms with Crippen LogP contribution in [0.5, 0.6) is 0 Å². The highest BCUT2D eigenvalue weighted by atomic mass is 16.5. The van der Waals surface area contributed by atoms with Gasteiger partial charge in [0.25, 0.3) is 0 Å². The van der Waals surface area contributed by atoms with Crippen LogP contribution in [0.1, 0.15) is 17.5 Å². The smallest absolute Gasteiger partial charge is 0.0853 e. The van der Waals surface area contributed by atoms with Gasteiger partial charge in [0.2, 0.25) is 0 Å². The van der Waals surface area contributed by atoms with Crippen LogP contribution in [0.25, 0.3) is 0 Å². The zero-order valence-electron chi connectivity index (χ0n) is 15.6. The van der Waals surface area contributed by atoms with E-state index in [-0.39, 0.29) is 12.7 Å². The van der Waals surface area contributed by atoms with Gasteiger partial charge >= 0.3 is 0 Å². The molecule has 0 spiro atoms. The lowest BCUT2D eigenvalue weighted by Gasteiger charge is -2.43. The maximum atomic E-state index is 9.25. The first-order valence-corrected chi connectivity index (χ1v) is 9.48. The molecule has 0 bridgehead atoms. The van der Waals surface area contributed by atoms with Crippen LogP contribution in [-0.4, -0.2) is 60.4 Å². The molecule has 2 aromatic carbocycles. The lowest BCUT2D eigenvalue weighted by molar-refractivity contribution is -0.0458. The van der Waals surface area contributed by atoms with Gasteiger partial charge in [-0.3, -0.25) is 9.80 Å². The Morgan fingerprint density at radius 3 is 2.08 bits per heavy atom. The molecule has 3 rings (SSSR count). The van der Waals surface area contributed by atoms with Crippen LogP contribution in [0.4, 0.5) is 0 Å². The number of benzene rings is 2. The van der Waals surface area contributed by atoms with Gasteiger partial charge in [-0.15, -0.1) is 0 Å². The Morgan fingerprint density at radius 2 is 1.58 bits per heavy atom. The van der Waals surface area contributed by atoms with Gasteiger partial charge in [0, 0.05) is 39.3 Å². The second-order valence-electron chi connectivity index (χ2n) is 7.03. The fourth-order valence-electron chi connectivity index (χ4n) is 3.89. The molecule has 0 aliphatic carbocycles. The minimum atomic E-state index is 0.155. The summed E-state index contributed by atoms with van der Waals surface area (Å²) in [5.41, 5.74) is 2.66. The van der Waals surface area contributed by atoms with Crippen LogP contribution in [0.15, 0.2) is 60.7 Å². The van der Waals surface area contributed by atoms with Crippen molar-refractivity contribution < 1.29 is 9.84 Å². The summed E-state index contributed by atoms with van der Waals surface area (Å²) in [7, 11) is 1.81. The Labute approximate surface area is 157 Å². The van der Waals surface area contributed by atoms with Crippen molar-refractivity contribution >= 4 is 0 Å². The van der Waals surface area contributed by atoms with Crippen LogP contribution in [0.3, 0.4) is 0 Å². The topological polar surface area (TPSA) is 35.9 Å². The van der Waals surface area contributed by atoms with E-state index in [1.54, 1.807) is 0 Å². The third kappa shape index (κ3) is 5.15. The molecule has 1 saturated heterocycles. The number of likely N-dealkylation sites (tertiary alicyclic amines) is 1. The Kier molecular flexibility index (Phi) is 7.21. The fraction of sp³-hybridized carbons (Fsp3) is 0.455. The van der Waals surface area contributed by atoms with Crippen molar-refractivity contribution in [1.82, 2.24) is 9.80 Å². The maximum absolute atomic E-state index is 9.25. The number of aliphatic hydroxyl groups is 1. The molecule has 26 heavy (non-hydrogen) atoms. The van der Waals surface area contributed by atoms with Crippen molar-refractivity contribution in [3.8, 4) is 0 Å². The molecule has 0 amide bonds. The van der Waals surface area contributed by atoms with Crippen molar-refractivity contribution in [3.63, 3.8) is 0 Å². The van der Waals surface area contributed by atoms with Gasteiger partial charge in [0.1, 0.15) is 0 Å². The van der Waals surface area contributed by atoms with E-state index in [9.17, 15) is 5.11 Å². The van der Waals surface area contributed by atoms with E-state index in [1.165, 1.54) is 11.1 Å². The van der Waals surface area contributed by atoms with Gasteiger partial charge in [-0.2, -0.15) is 0 Å². The first kappa shape index (κ1) is 19.1. The van der Waals surface area contributed by atoms with Crippen molar-refractivity contribution in [1.29, 1.82) is 0 Å². The van der Waals surface area contributed by atoms with E-state index >= 15 is 0 Å². The standard InChI is InChI=1S/C22H30N2O2/c1-26-22-18-23(14-15-25)13-12-21(22)24(16-19-8-4-2-5-9-19)17-20-10-6-3-7-11-20/h2-11,21-22,25H,12-18H2,1H3/t21-,22+/m0/s1. The minimum absolute atomic E-state index is 0.155. The molecule has 2 atom stereocenters. The first-order valence-electron chi connectivity index (χ1n) is 9.48. The molecule has 140 valence electrons. The Morgan fingerprint density at radius 1 is 1.00 bits per heavy atom. The number of β-amino-alcohol motifs (C(OH)–C–C–N with tert-alkyl or cyclic N) is 1. The predicted molar refractivity (Wildman–Crippen MR) is 105 cm³/mol. The van der Waals surface area contributed by atoms with Gasteiger partial charge in [-0.25, -0.2) is 0 Å². The number of hydrogen-bond donors (Lipinski definition) is 1. The van der Waals surface area contributed by atoms with Gasteiger partial charge in [0.05, 0.1) is 12.7 Å². The molecule has 1 aliphatic rings. The van der Waals surface area contributed by atoms with Crippen LogP contribution >= 0.6 is 0 Å². The van der Waals surface area contributed by atoms with Crippen molar-refractivity contribution in [2.75, 3.05) is 33.4 Å². The second kappa shape index (κ2) is 9.83. The molecular weight excluding hydrogens is 324 g/mol. The molecule has 0 unspecified atom stereocenters. The lowest BCUT2D eigenvalue weighted by atomic mass is 9.98. The average Bonchev–Trinajstić information content (AvgIpc) is 2.69. The van der Waals surface area contributed by atoms with Crippen LogP contribution in [-0.2, 0) is 17.8 Å². The van der Waals surface area contributed by atoms with E-state index in [4.69, 9.17) is 4.74 Å². The van der Waals surface area contributed by atoms with Gasteiger partial charge in [-0.05, 0) is 24.1 Å². The number of aliphatic hydroxyl groups excluding tert-OH is 1. The second-order valence-corrected chi connectivity index (χ2v) is 7.03. The van der Waals surface area contributed by atoms with E-state index in [0.717, 1.165) is 39.1 Å². The molecule has 4 heteroatoms. The van der Waals surface area contributed by atoms with Gasteiger partial charge in [-0.1, -0.05) is 60.7 Å². The van der Waals surface area contributed by atoms with Gasteiger partial charge in [0.15, 0.2) is 0 Å². The zero-order valence-corrected chi connectivity index (χ0v) is 15.6. The van der Waals surface area contributed by atoms with Crippen molar-refractivity contribution in [2.24, 2.45) is 0 Å².